The van der Waals surface area contributed by atoms with E-state index in [1.165, 1.54) is 31.2 Å². The normalized spacial score (nSPS) is 34.3. The average Bonchev–Trinajstić information content (AvgIpc) is 2.59. The van der Waals surface area contributed by atoms with Crippen LogP contribution in [0.2, 0.25) is 0 Å². The lowest BCUT2D eigenvalue weighted by atomic mass is 9.48. The van der Waals surface area contributed by atoms with Crippen LogP contribution in [0.15, 0.2) is 24.3 Å². The minimum absolute atomic E-state index is 0.0435. The van der Waals surface area contributed by atoms with Crippen LogP contribution < -0.4 is 4.74 Å². The Morgan fingerprint density at radius 1 is 1.11 bits per heavy atom. The van der Waals surface area contributed by atoms with Crippen molar-refractivity contribution < 1.29 is 33.0 Å². The third kappa shape index (κ3) is 3.52. The van der Waals surface area contributed by atoms with Crippen LogP contribution in [0.4, 0.5) is 8.78 Å². The largest absolute Gasteiger partial charge is 0.454 e. The number of benzene rings is 1. The molecule has 7 heteroatoms. The molecule has 1 N–H and O–H groups in total. The Bertz CT molecular complexity index is 762. The summed E-state index contributed by atoms with van der Waals surface area (Å²) in [4.78, 5) is 25.6. The van der Waals surface area contributed by atoms with Crippen molar-refractivity contribution in [3.05, 3.63) is 29.8 Å². The summed E-state index contributed by atoms with van der Waals surface area (Å²) in [7, 11) is 0. The van der Waals surface area contributed by atoms with Crippen LogP contribution in [0.5, 0.6) is 5.75 Å². The number of ketones is 1. The number of alkyl halides is 2. The zero-order valence-corrected chi connectivity index (χ0v) is 15.7. The number of hydrogen-bond acceptors (Lipinski definition) is 5. The van der Waals surface area contributed by atoms with Crippen LogP contribution in [0, 0.1) is 17.3 Å². The van der Waals surface area contributed by atoms with Crippen molar-refractivity contribution in [3.63, 3.8) is 0 Å². The number of esters is 1. The molecule has 4 saturated carbocycles. The Balaban J connectivity index is 1.42. The van der Waals surface area contributed by atoms with E-state index in [0.29, 0.717) is 31.1 Å². The zero-order valence-electron chi connectivity index (χ0n) is 15.7. The van der Waals surface area contributed by atoms with Crippen molar-refractivity contribution in [2.75, 3.05) is 0 Å². The average molecular weight is 394 g/mol. The van der Waals surface area contributed by atoms with Gasteiger partial charge in [0.25, 0.3) is 0 Å². The van der Waals surface area contributed by atoms with Crippen molar-refractivity contribution >= 4 is 11.8 Å². The predicted molar refractivity (Wildman–Crippen MR) is 95.0 cm³/mol. The first-order chi connectivity index (χ1) is 13.2. The quantitative estimate of drug-likeness (QED) is 0.588. The number of halogens is 2. The van der Waals surface area contributed by atoms with Gasteiger partial charge in [-0.15, -0.1) is 0 Å². The summed E-state index contributed by atoms with van der Waals surface area (Å²) in [5.41, 5.74) is -1.22. The lowest BCUT2D eigenvalue weighted by Crippen LogP contribution is -2.58. The Morgan fingerprint density at radius 2 is 1.71 bits per heavy atom. The third-order valence-electron chi connectivity index (χ3n) is 6.48. The van der Waals surface area contributed by atoms with Crippen LogP contribution in [0.3, 0.4) is 0 Å². The Morgan fingerprint density at radius 3 is 2.25 bits per heavy atom. The van der Waals surface area contributed by atoms with Gasteiger partial charge >= 0.3 is 12.6 Å². The molecular weight excluding hydrogens is 370 g/mol. The molecule has 0 spiro atoms. The topological polar surface area (TPSA) is 72.8 Å². The molecule has 0 aliphatic heterocycles. The molecule has 4 aliphatic rings. The second-order valence-corrected chi connectivity index (χ2v) is 8.78. The maximum absolute atomic E-state index is 13.0. The number of rotatable bonds is 6. The highest BCUT2D eigenvalue weighted by atomic mass is 19.3. The van der Waals surface area contributed by atoms with E-state index in [0.717, 1.165) is 19.3 Å². The van der Waals surface area contributed by atoms with Crippen molar-refractivity contribution in [3.8, 4) is 5.75 Å². The highest BCUT2D eigenvalue weighted by Crippen LogP contribution is 2.62. The van der Waals surface area contributed by atoms with Crippen LogP contribution in [0.1, 0.15) is 55.8 Å². The van der Waals surface area contributed by atoms with Crippen molar-refractivity contribution in [2.24, 2.45) is 17.3 Å². The second kappa shape index (κ2) is 6.79. The Hall–Kier alpha value is -2.02. The van der Waals surface area contributed by atoms with E-state index in [1.54, 1.807) is 0 Å². The molecule has 2 unspecified atom stereocenters. The smallest absolute Gasteiger partial charge is 0.387 e. The van der Waals surface area contributed by atoms with Gasteiger partial charge in [0.2, 0.25) is 5.78 Å². The van der Waals surface area contributed by atoms with E-state index >= 15 is 0 Å². The molecule has 0 aromatic heterocycles. The van der Waals surface area contributed by atoms with E-state index in [-0.39, 0.29) is 11.3 Å². The summed E-state index contributed by atoms with van der Waals surface area (Å²) < 4.78 is 34.3. The molecule has 5 nitrogen and oxygen atoms in total. The number of ether oxygens (including phenoxy) is 2. The molecule has 0 radical (unpaired) electrons. The predicted octanol–water partition coefficient (Wildman–Crippen LogP) is 3.73. The molecular formula is C21H24F2O5. The van der Waals surface area contributed by atoms with Gasteiger partial charge in [0, 0.05) is 5.56 Å². The fourth-order valence-corrected chi connectivity index (χ4v) is 5.83. The second-order valence-electron chi connectivity index (χ2n) is 8.78. The minimum atomic E-state index is -2.93. The number of hydrogen-bond donors (Lipinski definition) is 1. The van der Waals surface area contributed by atoms with Crippen molar-refractivity contribution in [1.82, 2.24) is 0 Å². The molecule has 5 atom stereocenters. The minimum Gasteiger partial charge on any atom is -0.454 e. The highest BCUT2D eigenvalue weighted by Gasteiger charge is 2.61. The molecule has 28 heavy (non-hydrogen) atoms. The molecule has 1 aromatic carbocycles. The lowest BCUT2D eigenvalue weighted by Gasteiger charge is -2.58. The zero-order chi connectivity index (χ0) is 20.1. The van der Waals surface area contributed by atoms with Crippen molar-refractivity contribution in [1.29, 1.82) is 0 Å². The number of carbonyl (C=O) groups is 2. The molecule has 1 aromatic rings. The molecule has 4 fully saturated rings. The summed E-state index contributed by atoms with van der Waals surface area (Å²) >= 11 is 0. The van der Waals surface area contributed by atoms with Crippen LogP contribution >= 0.6 is 0 Å². The van der Waals surface area contributed by atoms with Gasteiger partial charge in [-0.2, -0.15) is 8.78 Å². The van der Waals surface area contributed by atoms with E-state index in [9.17, 15) is 23.5 Å². The number of aliphatic hydroxyl groups is 1. The van der Waals surface area contributed by atoms with Crippen LogP contribution in [-0.2, 0) is 9.53 Å². The molecule has 0 heterocycles. The van der Waals surface area contributed by atoms with E-state index in [2.05, 4.69) is 4.74 Å². The van der Waals surface area contributed by atoms with Gasteiger partial charge in [-0.05, 0) is 81.5 Å². The summed E-state index contributed by atoms with van der Waals surface area (Å²) in [6.45, 7) is -1.42. The third-order valence-corrected chi connectivity index (χ3v) is 6.48. The standard InChI is InChI=1S/C21H24F2O5/c1-12(17(24)15-2-4-16(5-3-15)28-19(22)23)27-18(25)20-7-13-6-14(8-20)10-21(26,9-13)11-20/h2-5,12-14,19,26H,6-11H2,1H3/t12-,13-,14+,20?,21?/m0/s1. The molecule has 0 saturated heterocycles. The van der Waals surface area contributed by atoms with Crippen LogP contribution in [-0.4, -0.2) is 35.2 Å². The number of Topliss-reactive ketones (excluding diaryl/α,β-unsaturated/α-hetero) is 1. The first-order valence-corrected chi connectivity index (χ1v) is 9.71. The summed E-state index contributed by atoms with van der Waals surface area (Å²) in [5, 5.41) is 10.8. The summed E-state index contributed by atoms with van der Waals surface area (Å²) in [6, 6.07) is 5.31. The molecule has 152 valence electrons. The van der Waals surface area contributed by atoms with Crippen LogP contribution in [0.25, 0.3) is 0 Å². The molecule has 0 amide bonds. The van der Waals surface area contributed by atoms with E-state index in [4.69, 9.17) is 4.74 Å². The van der Waals surface area contributed by atoms with E-state index in [1.807, 2.05) is 0 Å². The first kappa shape index (κ1) is 19.3. The lowest BCUT2D eigenvalue weighted by molar-refractivity contribution is -0.197. The summed E-state index contributed by atoms with van der Waals surface area (Å²) in [5.74, 6) is -0.170. The molecule has 4 aliphatic carbocycles. The van der Waals surface area contributed by atoms with Gasteiger partial charge in [0.05, 0.1) is 11.0 Å². The van der Waals surface area contributed by atoms with Crippen molar-refractivity contribution in [2.45, 2.75) is 63.8 Å². The van der Waals surface area contributed by atoms with Gasteiger partial charge < -0.3 is 14.6 Å². The van der Waals surface area contributed by atoms with Gasteiger partial charge in [-0.3, -0.25) is 9.59 Å². The SMILES string of the molecule is C[C@H](OC(=O)C12C[C@@H]3C[C@@H](CC(O)(C3)C1)C2)C(=O)c1ccc(OC(F)F)cc1. The Labute approximate surface area is 162 Å². The van der Waals surface area contributed by atoms with Gasteiger partial charge in [0.15, 0.2) is 6.10 Å². The molecule has 4 bridgehead atoms. The highest BCUT2D eigenvalue weighted by molar-refractivity contribution is 6.00. The van der Waals surface area contributed by atoms with Gasteiger partial charge in [0.1, 0.15) is 5.75 Å². The fraction of sp³-hybridized carbons (Fsp3) is 0.619. The van der Waals surface area contributed by atoms with E-state index < -0.39 is 35.5 Å². The number of carbonyl (C=O) groups excluding carboxylic acids is 2. The Kier molecular flexibility index (Phi) is 4.68. The maximum Gasteiger partial charge on any atom is 0.387 e. The van der Waals surface area contributed by atoms with Gasteiger partial charge in [-0.25, -0.2) is 0 Å². The molecule has 5 rings (SSSR count). The summed E-state index contributed by atoms with van der Waals surface area (Å²) in [6.07, 6.45) is 3.40. The first-order valence-electron chi connectivity index (χ1n) is 9.71. The fourth-order valence-electron chi connectivity index (χ4n) is 5.83. The van der Waals surface area contributed by atoms with Gasteiger partial charge in [-0.1, -0.05) is 0 Å². The maximum atomic E-state index is 13.0. The monoisotopic (exact) mass is 394 g/mol.